The van der Waals surface area contributed by atoms with Crippen molar-refractivity contribution in [1.29, 1.82) is 0 Å². The van der Waals surface area contributed by atoms with Crippen molar-refractivity contribution in [2.45, 2.75) is 45.8 Å². The largest absolute Gasteiger partial charge is 0.487 e. The topological polar surface area (TPSA) is 21.3 Å². The number of hydrogen-bond donors (Lipinski definition) is 1. The second-order valence-corrected chi connectivity index (χ2v) is 6.54. The Kier molecular flexibility index (Phi) is 4.65. The van der Waals surface area contributed by atoms with Crippen LogP contribution in [0.5, 0.6) is 5.75 Å². The highest BCUT2D eigenvalue weighted by molar-refractivity contribution is 6.37. The average Bonchev–Trinajstić information content (AvgIpc) is 2.35. The minimum absolute atomic E-state index is 0.0949. The monoisotopic (exact) mass is 301 g/mol. The van der Waals surface area contributed by atoms with Gasteiger partial charge < -0.3 is 10.1 Å². The summed E-state index contributed by atoms with van der Waals surface area (Å²) in [6.07, 6.45) is 2.29. The lowest BCUT2D eigenvalue weighted by Gasteiger charge is -2.51. The Bertz CT molecular complexity index is 428. The van der Waals surface area contributed by atoms with Gasteiger partial charge in [0.25, 0.3) is 0 Å². The van der Waals surface area contributed by atoms with Gasteiger partial charge in [-0.05, 0) is 25.1 Å². The van der Waals surface area contributed by atoms with Crippen LogP contribution in [0.3, 0.4) is 0 Å². The van der Waals surface area contributed by atoms with Crippen molar-refractivity contribution < 1.29 is 4.74 Å². The first-order chi connectivity index (χ1) is 8.96. The summed E-state index contributed by atoms with van der Waals surface area (Å²) in [5.41, 5.74) is 0.0949. The highest BCUT2D eigenvalue weighted by atomic mass is 35.5. The molecule has 1 aromatic carbocycles. The zero-order valence-corrected chi connectivity index (χ0v) is 13.2. The molecule has 0 saturated heterocycles. The van der Waals surface area contributed by atoms with Crippen molar-refractivity contribution in [2.75, 3.05) is 6.54 Å². The normalized spacial score (nSPS) is 24.9. The van der Waals surface area contributed by atoms with E-state index in [-0.39, 0.29) is 11.5 Å². The van der Waals surface area contributed by atoms with Gasteiger partial charge in [0.1, 0.15) is 6.10 Å². The van der Waals surface area contributed by atoms with Crippen LogP contribution in [0.25, 0.3) is 0 Å². The van der Waals surface area contributed by atoms with Crippen LogP contribution in [0, 0.1) is 5.41 Å². The Morgan fingerprint density at radius 3 is 2.47 bits per heavy atom. The highest BCUT2D eigenvalue weighted by Gasteiger charge is 2.49. The summed E-state index contributed by atoms with van der Waals surface area (Å²) in [6, 6.07) is 5.94. The van der Waals surface area contributed by atoms with Crippen LogP contribution >= 0.6 is 23.2 Å². The molecular formula is C15H21Cl2NO. The van der Waals surface area contributed by atoms with Gasteiger partial charge in [0.2, 0.25) is 0 Å². The highest BCUT2D eigenvalue weighted by Crippen LogP contribution is 2.45. The fraction of sp³-hybridized carbons (Fsp3) is 0.600. The molecule has 1 aliphatic rings. The first-order valence-electron chi connectivity index (χ1n) is 6.80. The smallest absolute Gasteiger partial charge is 0.156 e. The van der Waals surface area contributed by atoms with E-state index in [1.807, 2.05) is 6.07 Å². The summed E-state index contributed by atoms with van der Waals surface area (Å²) >= 11 is 12.3. The van der Waals surface area contributed by atoms with Crippen LogP contribution in [0.15, 0.2) is 18.2 Å². The van der Waals surface area contributed by atoms with Gasteiger partial charge in [0.15, 0.2) is 5.75 Å². The summed E-state index contributed by atoms with van der Waals surface area (Å²) < 4.78 is 6.03. The van der Waals surface area contributed by atoms with Gasteiger partial charge >= 0.3 is 0 Å². The maximum Gasteiger partial charge on any atom is 0.156 e. The Morgan fingerprint density at radius 2 is 1.95 bits per heavy atom. The van der Waals surface area contributed by atoms with Crippen molar-refractivity contribution in [2.24, 2.45) is 5.41 Å². The van der Waals surface area contributed by atoms with E-state index in [1.165, 1.54) is 0 Å². The third-order valence-electron chi connectivity index (χ3n) is 4.00. The Labute approximate surface area is 125 Å². The molecule has 0 spiro atoms. The van der Waals surface area contributed by atoms with Crippen molar-refractivity contribution in [3.8, 4) is 5.75 Å². The number of rotatable bonds is 5. The summed E-state index contributed by atoms with van der Waals surface area (Å²) in [5, 5.41) is 4.71. The number of ether oxygens (including phenoxy) is 1. The number of benzene rings is 1. The molecule has 1 aromatic rings. The number of halogens is 2. The minimum atomic E-state index is 0.0949. The zero-order valence-electron chi connectivity index (χ0n) is 11.7. The maximum atomic E-state index is 6.14. The fourth-order valence-corrected chi connectivity index (χ4v) is 2.97. The average molecular weight is 302 g/mol. The van der Waals surface area contributed by atoms with E-state index in [0.717, 1.165) is 19.4 Å². The van der Waals surface area contributed by atoms with Gasteiger partial charge in [-0.3, -0.25) is 0 Å². The molecular weight excluding hydrogens is 281 g/mol. The molecule has 2 rings (SSSR count). The maximum absolute atomic E-state index is 6.14. The molecule has 1 N–H and O–H groups in total. The number of hydrogen-bond acceptors (Lipinski definition) is 2. The molecule has 0 bridgehead atoms. The molecule has 0 heterocycles. The van der Waals surface area contributed by atoms with Gasteiger partial charge in [-0.1, -0.05) is 50.0 Å². The van der Waals surface area contributed by atoms with Crippen molar-refractivity contribution in [1.82, 2.24) is 5.32 Å². The Hall–Kier alpha value is -0.440. The molecule has 1 saturated carbocycles. The summed E-state index contributed by atoms with van der Waals surface area (Å²) in [7, 11) is 0. The SMILES string of the molecule is CCCNC1CC(Oc2c(Cl)cccc2Cl)C1(C)C. The Balaban J connectivity index is 2.02. The molecule has 0 aliphatic heterocycles. The van der Waals surface area contributed by atoms with Crippen LogP contribution in [0.1, 0.15) is 33.6 Å². The van der Waals surface area contributed by atoms with E-state index in [0.29, 0.717) is 21.8 Å². The first kappa shape index (κ1) is 15.0. The van der Waals surface area contributed by atoms with E-state index < -0.39 is 0 Å². The lowest BCUT2D eigenvalue weighted by molar-refractivity contribution is -0.0544. The van der Waals surface area contributed by atoms with Gasteiger partial charge in [0, 0.05) is 17.9 Å². The fourth-order valence-electron chi connectivity index (χ4n) is 2.49. The minimum Gasteiger partial charge on any atom is -0.487 e. The van der Waals surface area contributed by atoms with Crippen molar-refractivity contribution in [3.05, 3.63) is 28.2 Å². The van der Waals surface area contributed by atoms with Crippen LogP contribution in [0.4, 0.5) is 0 Å². The quantitative estimate of drug-likeness (QED) is 0.862. The van der Waals surface area contributed by atoms with Crippen molar-refractivity contribution >= 4 is 23.2 Å². The molecule has 1 aliphatic carbocycles. The van der Waals surface area contributed by atoms with Gasteiger partial charge in [-0.2, -0.15) is 0 Å². The van der Waals surface area contributed by atoms with Gasteiger partial charge in [0.05, 0.1) is 10.0 Å². The zero-order chi connectivity index (χ0) is 14.0. The van der Waals surface area contributed by atoms with Crippen LogP contribution in [0.2, 0.25) is 10.0 Å². The third-order valence-corrected chi connectivity index (χ3v) is 4.59. The lowest BCUT2D eigenvalue weighted by Crippen LogP contribution is -2.62. The molecule has 2 atom stereocenters. The molecule has 19 heavy (non-hydrogen) atoms. The molecule has 2 unspecified atom stereocenters. The third kappa shape index (κ3) is 3.01. The summed E-state index contributed by atoms with van der Waals surface area (Å²) in [5.74, 6) is 0.609. The van der Waals surface area contributed by atoms with Gasteiger partial charge in [-0.15, -0.1) is 0 Å². The summed E-state index contributed by atoms with van der Waals surface area (Å²) in [4.78, 5) is 0. The first-order valence-corrected chi connectivity index (χ1v) is 7.56. The molecule has 0 amide bonds. The van der Waals surface area contributed by atoms with Gasteiger partial charge in [-0.25, -0.2) is 0 Å². The molecule has 2 nitrogen and oxygen atoms in total. The summed E-state index contributed by atoms with van der Waals surface area (Å²) in [6.45, 7) is 7.67. The molecule has 4 heteroatoms. The second-order valence-electron chi connectivity index (χ2n) is 5.72. The standard InChI is InChI=1S/C15H21Cl2NO/c1-4-8-18-12-9-13(15(12,2)3)19-14-10(16)6-5-7-11(14)17/h5-7,12-13,18H,4,8-9H2,1-3H3. The molecule has 0 aromatic heterocycles. The van der Waals surface area contributed by atoms with E-state index in [2.05, 4.69) is 26.1 Å². The molecule has 106 valence electrons. The van der Waals surface area contributed by atoms with Crippen LogP contribution in [-0.2, 0) is 0 Å². The Morgan fingerprint density at radius 1 is 1.32 bits per heavy atom. The van der Waals surface area contributed by atoms with Crippen molar-refractivity contribution in [3.63, 3.8) is 0 Å². The van der Waals surface area contributed by atoms with E-state index in [4.69, 9.17) is 27.9 Å². The van der Waals surface area contributed by atoms with E-state index in [9.17, 15) is 0 Å². The predicted octanol–water partition coefficient (Wildman–Crippen LogP) is 4.54. The molecule has 0 radical (unpaired) electrons. The molecule has 1 fully saturated rings. The lowest BCUT2D eigenvalue weighted by atomic mass is 9.64. The van der Waals surface area contributed by atoms with E-state index >= 15 is 0 Å². The van der Waals surface area contributed by atoms with Crippen LogP contribution in [-0.4, -0.2) is 18.7 Å². The van der Waals surface area contributed by atoms with Crippen LogP contribution < -0.4 is 10.1 Å². The van der Waals surface area contributed by atoms with E-state index in [1.54, 1.807) is 12.1 Å². The second kappa shape index (κ2) is 5.90. The number of nitrogens with one attached hydrogen (secondary N) is 1. The predicted molar refractivity (Wildman–Crippen MR) is 81.4 cm³/mol. The number of para-hydroxylation sites is 1.